The van der Waals surface area contributed by atoms with Gasteiger partial charge in [0.15, 0.2) is 5.82 Å². The number of morpholine rings is 1. The van der Waals surface area contributed by atoms with Crippen molar-refractivity contribution < 1.29 is 4.74 Å². The van der Waals surface area contributed by atoms with Crippen molar-refractivity contribution in [2.75, 3.05) is 24.7 Å². The molecule has 2 aromatic rings. The lowest BCUT2D eigenvalue weighted by Gasteiger charge is -2.36. The molecule has 1 atom stereocenters. The molecule has 4 rings (SSSR count). The quantitative estimate of drug-likeness (QED) is 0.752. The zero-order valence-corrected chi connectivity index (χ0v) is 12.5. The van der Waals surface area contributed by atoms with Crippen molar-refractivity contribution in [2.24, 2.45) is 0 Å². The average Bonchev–Trinajstić information content (AvgIpc) is 2.96. The summed E-state index contributed by atoms with van der Waals surface area (Å²) in [6.45, 7) is 5.31. The van der Waals surface area contributed by atoms with E-state index in [9.17, 15) is 0 Å². The minimum atomic E-state index is 0.277. The first-order valence-corrected chi connectivity index (χ1v) is 7.54. The second-order valence-electron chi connectivity index (χ2n) is 5.45. The van der Waals surface area contributed by atoms with E-state index in [2.05, 4.69) is 31.3 Å². The van der Waals surface area contributed by atoms with Crippen LogP contribution in [0.4, 0.5) is 5.82 Å². The van der Waals surface area contributed by atoms with Gasteiger partial charge in [-0.15, -0.1) is 0 Å². The fraction of sp³-hybridized carbons (Fsp3) is 0.500. The molecule has 2 aliphatic rings. The lowest BCUT2D eigenvalue weighted by Crippen LogP contribution is -2.45. The van der Waals surface area contributed by atoms with Gasteiger partial charge in [-0.25, -0.2) is 15.0 Å². The molecule has 21 heavy (non-hydrogen) atoms. The third kappa shape index (κ3) is 2.10. The van der Waals surface area contributed by atoms with Gasteiger partial charge in [-0.2, -0.15) is 0 Å². The van der Waals surface area contributed by atoms with Crippen molar-refractivity contribution in [1.29, 1.82) is 0 Å². The second kappa shape index (κ2) is 4.96. The minimum Gasteiger partial charge on any atom is -0.377 e. The lowest BCUT2D eigenvalue weighted by molar-refractivity contribution is 0.0984. The summed E-state index contributed by atoms with van der Waals surface area (Å²) in [6.07, 6.45) is 4.68. The van der Waals surface area contributed by atoms with Crippen LogP contribution in [-0.4, -0.2) is 45.3 Å². The Balaban J connectivity index is 1.86. The largest absolute Gasteiger partial charge is 0.377 e. The average molecular weight is 306 g/mol. The normalized spacial score (nSPS) is 21.0. The van der Waals surface area contributed by atoms with Gasteiger partial charge < -0.3 is 14.2 Å². The Morgan fingerprint density at radius 1 is 1.33 bits per heavy atom. The number of ether oxygens (including phenoxy) is 1. The van der Waals surface area contributed by atoms with E-state index in [0.29, 0.717) is 6.61 Å². The molecule has 1 fully saturated rings. The molecular formula is C14H16ClN5O. The van der Waals surface area contributed by atoms with Crippen molar-refractivity contribution in [3.05, 3.63) is 23.2 Å². The molecule has 0 spiro atoms. The van der Waals surface area contributed by atoms with Gasteiger partial charge in [0.1, 0.15) is 11.5 Å². The van der Waals surface area contributed by atoms with Crippen molar-refractivity contribution >= 4 is 17.4 Å². The fourth-order valence-corrected chi connectivity index (χ4v) is 3.24. The Morgan fingerprint density at radius 2 is 2.24 bits per heavy atom. The summed E-state index contributed by atoms with van der Waals surface area (Å²) >= 11 is 6.17. The molecule has 0 aromatic carbocycles. The summed E-state index contributed by atoms with van der Waals surface area (Å²) in [5, 5.41) is 0.277. The highest BCUT2D eigenvalue weighted by Gasteiger charge is 2.29. The van der Waals surface area contributed by atoms with Crippen LogP contribution in [0.1, 0.15) is 12.5 Å². The zero-order chi connectivity index (χ0) is 14.4. The number of fused-ring (bicyclic) bond motifs is 3. The standard InChI is InChI=1S/C14H16ClN5O/c1-9-8-21-7-6-20(9)12-10-2-4-19-5-3-16-13(19)11(10)17-14(15)18-12/h3,5,9H,2,4,6-8H2,1H3/t9-/m0/s1. The SMILES string of the molecule is C[C@H]1COCCN1c1nc(Cl)nc2c1CCn1ccnc1-2. The Morgan fingerprint density at radius 3 is 3.10 bits per heavy atom. The number of aryl methyl sites for hydroxylation is 1. The minimum absolute atomic E-state index is 0.277. The van der Waals surface area contributed by atoms with Crippen molar-refractivity contribution in [3.63, 3.8) is 0 Å². The van der Waals surface area contributed by atoms with E-state index in [4.69, 9.17) is 16.3 Å². The topological polar surface area (TPSA) is 56.1 Å². The lowest BCUT2D eigenvalue weighted by atomic mass is 10.1. The molecule has 0 radical (unpaired) electrons. The molecule has 6 nitrogen and oxygen atoms in total. The van der Waals surface area contributed by atoms with Crippen molar-refractivity contribution in [3.8, 4) is 11.5 Å². The van der Waals surface area contributed by atoms with Crippen LogP contribution in [0.2, 0.25) is 5.28 Å². The molecule has 7 heteroatoms. The Labute approximate surface area is 127 Å². The van der Waals surface area contributed by atoms with Crippen LogP contribution in [-0.2, 0) is 17.7 Å². The first-order chi connectivity index (χ1) is 10.2. The van der Waals surface area contributed by atoms with Crippen LogP contribution >= 0.6 is 11.6 Å². The van der Waals surface area contributed by atoms with Crippen molar-refractivity contribution in [2.45, 2.75) is 25.9 Å². The molecule has 4 heterocycles. The number of anilines is 1. The van der Waals surface area contributed by atoms with Gasteiger partial charge >= 0.3 is 0 Å². The number of hydrogen-bond donors (Lipinski definition) is 0. The molecule has 0 unspecified atom stereocenters. The Bertz CT molecular complexity index is 686. The first-order valence-electron chi connectivity index (χ1n) is 7.16. The van der Waals surface area contributed by atoms with Gasteiger partial charge in [-0.3, -0.25) is 0 Å². The maximum atomic E-state index is 6.17. The predicted molar refractivity (Wildman–Crippen MR) is 79.6 cm³/mol. The third-order valence-corrected chi connectivity index (χ3v) is 4.30. The van der Waals surface area contributed by atoms with Crippen molar-refractivity contribution in [1.82, 2.24) is 19.5 Å². The highest BCUT2D eigenvalue weighted by atomic mass is 35.5. The van der Waals surface area contributed by atoms with E-state index >= 15 is 0 Å². The summed E-state index contributed by atoms with van der Waals surface area (Å²) in [5.41, 5.74) is 2.01. The fourth-order valence-electron chi connectivity index (χ4n) is 3.08. The van der Waals surface area contributed by atoms with Crippen LogP contribution in [0.15, 0.2) is 12.4 Å². The van der Waals surface area contributed by atoms with Gasteiger partial charge in [0, 0.05) is 31.0 Å². The molecule has 110 valence electrons. The summed E-state index contributed by atoms with van der Waals surface area (Å²) in [7, 11) is 0. The number of rotatable bonds is 1. The molecule has 1 saturated heterocycles. The number of aromatic nitrogens is 4. The molecule has 0 bridgehead atoms. The van der Waals surface area contributed by atoms with E-state index in [1.54, 1.807) is 6.20 Å². The van der Waals surface area contributed by atoms with Crippen LogP contribution in [0, 0.1) is 0 Å². The van der Waals surface area contributed by atoms with Crippen LogP contribution in [0.25, 0.3) is 11.5 Å². The van der Waals surface area contributed by atoms with Gasteiger partial charge in [-0.1, -0.05) is 0 Å². The highest BCUT2D eigenvalue weighted by Crippen LogP contribution is 2.34. The number of imidazole rings is 1. The molecule has 2 aliphatic heterocycles. The Kier molecular flexibility index (Phi) is 3.08. The third-order valence-electron chi connectivity index (χ3n) is 4.13. The second-order valence-corrected chi connectivity index (χ2v) is 5.79. The molecule has 2 aromatic heterocycles. The molecule has 0 saturated carbocycles. The van der Waals surface area contributed by atoms with E-state index in [1.807, 2.05) is 6.20 Å². The van der Waals surface area contributed by atoms with E-state index in [1.165, 1.54) is 0 Å². The summed E-state index contributed by atoms with van der Waals surface area (Å²) in [4.78, 5) is 15.6. The molecule has 0 aliphatic carbocycles. The monoisotopic (exact) mass is 305 g/mol. The van der Waals surface area contributed by atoms with Gasteiger partial charge in [-0.05, 0) is 24.9 Å². The molecule has 0 N–H and O–H groups in total. The smallest absolute Gasteiger partial charge is 0.225 e. The van der Waals surface area contributed by atoms with Gasteiger partial charge in [0.25, 0.3) is 0 Å². The van der Waals surface area contributed by atoms with E-state index < -0.39 is 0 Å². The zero-order valence-electron chi connectivity index (χ0n) is 11.8. The van der Waals surface area contributed by atoms with Gasteiger partial charge in [0.2, 0.25) is 5.28 Å². The number of halogens is 1. The maximum absolute atomic E-state index is 6.17. The summed E-state index contributed by atoms with van der Waals surface area (Å²) in [5.74, 6) is 1.82. The van der Waals surface area contributed by atoms with E-state index in [-0.39, 0.29) is 11.3 Å². The Hall–Kier alpha value is -1.66. The van der Waals surface area contributed by atoms with Crippen LogP contribution < -0.4 is 4.90 Å². The van der Waals surface area contributed by atoms with Crippen LogP contribution in [0.5, 0.6) is 0 Å². The van der Waals surface area contributed by atoms with Crippen LogP contribution in [0.3, 0.4) is 0 Å². The summed E-state index contributed by atoms with van der Waals surface area (Å²) < 4.78 is 7.63. The summed E-state index contributed by atoms with van der Waals surface area (Å²) in [6, 6.07) is 0.287. The highest BCUT2D eigenvalue weighted by molar-refractivity contribution is 6.28. The molecule has 0 amide bonds. The van der Waals surface area contributed by atoms with E-state index in [0.717, 1.165) is 49.0 Å². The first kappa shape index (κ1) is 13.0. The number of nitrogens with zero attached hydrogens (tertiary/aromatic N) is 5. The molecular weight excluding hydrogens is 290 g/mol. The maximum Gasteiger partial charge on any atom is 0.225 e. The number of hydrogen-bond acceptors (Lipinski definition) is 5. The van der Waals surface area contributed by atoms with Gasteiger partial charge in [0.05, 0.1) is 19.3 Å². The predicted octanol–water partition coefficient (Wildman–Crippen LogP) is 1.77.